The fourth-order valence-electron chi connectivity index (χ4n) is 2.74. The van der Waals surface area contributed by atoms with Crippen molar-refractivity contribution in [3.63, 3.8) is 0 Å². The third kappa shape index (κ3) is 5.78. The van der Waals surface area contributed by atoms with Gasteiger partial charge in [-0.15, -0.1) is 0 Å². The predicted molar refractivity (Wildman–Crippen MR) is 110 cm³/mol. The minimum absolute atomic E-state index is 0.390. The van der Waals surface area contributed by atoms with Gasteiger partial charge in [-0.1, -0.05) is 6.07 Å². The van der Waals surface area contributed by atoms with Crippen LogP contribution in [0.1, 0.15) is 18.1 Å². The van der Waals surface area contributed by atoms with E-state index in [4.69, 9.17) is 14.2 Å². The van der Waals surface area contributed by atoms with Crippen LogP contribution in [0.3, 0.4) is 0 Å². The Kier molecular flexibility index (Phi) is 7.84. The van der Waals surface area contributed by atoms with Crippen LogP contribution in [0.5, 0.6) is 17.2 Å². The largest absolute Gasteiger partial charge is 0.497 e. The Morgan fingerprint density at radius 2 is 1.72 bits per heavy atom. The number of hydrogen-bond acceptors (Lipinski definition) is 4. The Hall–Kier alpha value is -1.47. The SMILES string of the molecule is COc1ccc(I)c(CC(C)NCCc2ccc(OC)c(OC)c2)c1. The van der Waals surface area contributed by atoms with Crippen LogP contribution in [0.15, 0.2) is 36.4 Å². The maximum Gasteiger partial charge on any atom is 0.160 e. The maximum atomic E-state index is 5.36. The molecule has 0 aliphatic heterocycles. The lowest BCUT2D eigenvalue weighted by atomic mass is 10.1. The number of benzene rings is 2. The third-order valence-electron chi connectivity index (χ3n) is 4.13. The standard InChI is InChI=1S/C20H26INO3/c1-14(11-16-13-17(23-2)6-7-18(16)21)22-10-9-15-5-8-19(24-3)20(12-15)25-4/h5-8,12-14,22H,9-11H2,1-4H3. The molecule has 0 fully saturated rings. The second-order valence-electron chi connectivity index (χ2n) is 5.96. The van der Waals surface area contributed by atoms with Gasteiger partial charge in [0.25, 0.3) is 0 Å². The molecule has 0 saturated heterocycles. The van der Waals surface area contributed by atoms with Gasteiger partial charge in [0.05, 0.1) is 21.3 Å². The molecule has 2 rings (SSSR count). The summed E-state index contributed by atoms with van der Waals surface area (Å²) in [5.74, 6) is 2.45. The third-order valence-corrected chi connectivity index (χ3v) is 5.19. The van der Waals surface area contributed by atoms with Crippen LogP contribution < -0.4 is 19.5 Å². The monoisotopic (exact) mass is 455 g/mol. The van der Waals surface area contributed by atoms with E-state index in [2.05, 4.69) is 53.0 Å². The maximum absolute atomic E-state index is 5.36. The van der Waals surface area contributed by atoms with Crippen molar-refractivity contribution in [1.29, 1.82) is 0 Å². The summed E-state index contributed by atoms with van der Waals surface area (Å²) in [7, 11) is 5.02. The average molecular weight is 455 g/mol. The van der Waals surface area contributed by atoms with E-state index in [1.807, 2.05) is 18.2 Å². The number of hydrogen-bond donors (Lipinski definition) is 1. The molecule has 0 amide bonds. The van der Waals surface area contributed by atoms with Gasteiger partial charge in [0, 0.05) is 9.61 Å². The number of rotatable bonds is 9. The van der Waals surface area contributed by atoms with Crippen molar-refractivity contribution in [2.75, 3.05) is 27.9 Å². The van der Waals surface area contributed by atoms with Gasteiger partial charge >= 0.3 is 0 Å². The van der Waals surface area contributed by atoms with E-state index in [0.29, 0.717) is 6.04 Å². The molecule has 0 bridgehead atoms. The molecule has 1 atom stereocenters. The summed E-state index contributed by atoms with van der Waals surface area (Å²) in [5, 5.41) is 3.59. The number of halogens is 1. The molecule has 0 saturated carbocycles. The van der Waals surface area contributed by atoms with Crippen molar-refractivity contribution in [3.8, 4) is 17.2 Å². The Morgan fingerprint density at radius 3 is 2.40 bits per heavy atom. The van der Waals surface area contributed by atoms with Crippen LogP contribution in [0, 0.1) is 3.57 Å². The van der Waals surface area contributed by atoms with E-state index in [1.54, 1.807) is 21.3 Å². The normalized spacial score (nSPS) is 11.9. The zero-order valence-electron chi connectivity index (χ0n) is 15.3. The Labute approximate surface area is 164 Å². The molecule has 5 heteroatoms. The van der Waals surface area contributed by atoms with Crippen LogP contribution in [-0.4, -0.2) is 33.9 Å². The molecule has 0 radical (unpaired) electrons. The first-order valence-corrected chi connectivity index (χ1v) is 9.42. The zero-order chi connectivity index (χ0) is 18.2. The first-order valence-electron chi connectivity index (χ1n) is 8.34. The number of nitrogens with one attached hydrogen (secondary N) is 1. The van der Waals surface area contributed by atoms with Crippen molar-refractivity contribution >= 4 is 22.6 Å². The number of methoxy groups -OCH3 is 3. The summed E-state index contributed by atoms with van der Waals surface area (Å²) in [6.45, 7) is 3.13. The van der Waals surface area contributed by atoms with Crippen LogP contribution in [-0.2, 0) is 12.8 Å². The smallest absolute Gasteiger partial charge is 0.160 e. The van der Waals surface area contributed by atoms with Crippen LogP contribution in [0.4, 0.5) is 0 Å². The molecule has 1 N–H and O–H groups in total. The molecule has 2 aromatic rings. The fraction of sp³-hybridized carbons (Fsp3) is 0.400. The van der Waals surface area contributed by atoms with Gasteiger partial charge < -0.3 is 19.5 Å². The van der Waals surface area contributed by atoms with E-state index in [0.717, 1.165) is 36.6 Å². The van der Waals surface area contributed by atoms with Gasteiger partial charge in [-0.2, -0.15) is 0 Å². The molecule has 136 valence electrons. The van der Waals surface area contributed by atoms with Crippen molar-refractivity contribution in [2.24, 2.45) is 0 Å². The van der Waals surface area contributed by atoms with Crippen molar-refractivity contribution in [3.05, 3.63) is 51.1 Å². The van der Waals surface area contributed by atoms with Crippen molar-refractivity contribution in [2.45, 2.75) is 25.8 Å². The van der Waals surface area contributed by atoms with Crippen LogP contribution in [0.25, 0.3) is 0 Å². The van der Waals surface area contributed by atoms with E-state index in [9.17, 15) is 0 Å². The molecule has 0 aromatic heterocycles. The number of ether oxygens (including phenoxy) is 3. The molecule has 25 heavy (non-hydrogen) atoms. The van der Waals surface area contributed by atoms with E-state index >= 15 is 0 Å². The van der Waals surface area contributed by atoms with E-state index < -0.39 is 0 Å². The van der Waals surface area contributed by atoms with Crippen LogP contribution >= 0.6 is 22.6 Å². The molecule has 0 aliphatic rings. The summed E-state index contributed by atoms with van der Waals surface area (Å²) in [6.07, 6.45) is 1.92. The Morgan fingerprint density at radius 1 is 0.960 bits per heavy atom. The highest BCUT2D eigenvalue weighted by Crippen LogP contribution is 2.27. The molecule has 2 aromatic carbocycles. The van der Waals surface area contributed by atoms with Gasteiger partial charge in [-0.05, 0) is 90.4 Å². The first-order chi connectivity index (χ1) is 12.1. The second kappa shape index (κ2) is 9.87. The van der Waals surface area contributed by atoms with Gasteiger partial charge in [0.2, 0.25) is 0 Å². The van der Waals surface area contributed by atoms with Crippen molar-refractivity contribution in [1.82, 2.24) is 5.32 Å². The quantitative estimate of drug-likeness (QED) is 0.579. The molecular weight excluding hydrogens is 429 g/mol. The topological polar surface area (TPSA) is 39.7 Å². The summed E-state index contributed by atoms with van der Waals surface area (Å²) >= 11 is 2.38. The average Bonchev–Trinajstić information content (AvgIpc) is 2.63. The first kappa shape index (κ1) is 19.8. The summed E-state index contributed by atoms with van der Waals surface area (Å²) in [4.78, 5) is 0. The van der Waals surface area contributed by atoms with E-state index in [1.165, 1.54) is 14.7 Å². The Balaban J connectivity index is 1.87. The highest BCUT2D eigenvalue weighted by Gasteiger charge is 2.09. The molecule has 0 heterocycles. The summed E-state index contributed by atoms with van der Waals surface area (Å²) in [6, 6.07) is 12.7. The van der Waals surface area contributed by atoms with Gasteiger partial charge in [0.15, 0.2) is 11.5 Å². The summed E-state index contributed by atoms with van der Waals surface area (Å²) < 4.78 is 17.2. The minimum atomic E-state index is 0.390. The van der Waals surface area contributed by atoms with E-state index in [-0.39, 0.29) is 0 Å². The highest BCUT2D eigenvalue weighted by molar-refractivity contribution is 14.1. The van der Waals surface area contributed by atoms with Crippen LogP contribution in [0.2, 0.25) is 0 Å². The zero-order valence-corrected chi connectivity index (χ0v) is 17.4. The molecule has 4 nitrogen and oxygen atoms in total. The highest BCUT2D eigenvalue weighted by atomic mass is 127. The molecule has 1 unspecified atom stereocenters. The predicted octanol–water partition coefficient (Wildman–Crippen LogP) is 4.08. The summed E-state index contributed by atoms with van der Waals surface area (Å²) in [5.41, 5.74) is 2.54. The fourth-order valence-corrected chi connectivity index (χ4v) is 3.29. The van der Waals surface area contributed by atoms with Gasteiger partial charge in [0.1, 0.15) is 5.75 Å². The van der Waals surface area contributed by atoms with Gasteiger partial charge in [-0.25, -0.2) is 0 Å². The molecular formula is C20H26INO3. The second-order valence-corrected chi connectivity index (χ2v) is 7.12. The molecule has 0 spiro atoms. The van der Waals surface area contributed by atoms with Gasteiger partial charge in [-0.3, -0.25) is 0 Å². The lowest BCUT2D eigenvalue weighted by molar-refractivity contribution is 0.354. The minimum Gasteiger partial charge on any atom is -0.497 e. The Bertz CT molecular complexity index is 691. The molecule has 0 aliphatic carbocycles. The lowest BCUT2D eigenvalue weighted by Gasteiger charge is -2.16. The lowest BCUT2D eigenvalue weighted by Crippen LogP contribution is -2.30. The van der Waals surface area contributed by atoms with Crippen molar-refractivity contribution < 1.29 is 14.2 Å².